The number of methoxy groups -OCH3 is 1. The molecule has 1 aromatic heterocycles. The molecule has 1 N–H and O–H groups in total. The lowest BCUT2D eigenvalue weighted by Crippen LogP contribution is -2.48. The number of amides is 1. The topological polar surface area (TPSA) is 70.6 Å². The summed E-state index contributed by atoms with van der Waals surface area (Å²) in [7, 11) is 1.61. The Kier molecular flexibility index (Phi) is 6.54. The van der Waals surface area contributed by atoms with Gasteiger partial charge in [0.1, 0.15) is 11.6 Å². The number of hydrogen-bond acceptors (Lipinski definition) is 7. The van der Waals surface area contributed by atoms with Gasteiger partial charge in [0, 0.05) is 39.0 Å². The molecule has 0 saturated carbocycles. The molecule has 0 bridgehead atoms. The van der Waals surface area contributed by atoms with Crippen molar-refractivity contribution < 1.29 is 9.53 Å². The number of para-hydroxylation sites is 1. The van der Waals surface area contributed by atoms with Crippen molar-refractivity contribution in [2.45, 2.75) is 20.0 Å². The molecule has 1 aliphatic heterocycles. The van der Waals surface area contributed by atoms with Gasteiger partial charge < -0.3 is 9.64 Å². The molecule has 0 aliphatic carbocycles. The van der Waals surface area contributed by atoms with Gasteiger partial charge in [-0.3, -0.25) is 15.0 Å². The van der Waals surface area contributed by atoms with E-state index in [1.54, 1.807) is 7.11 Å². The van der Waals surface area contributed by atoms with Crippen LogP contribution in [0, 0.1) is 0 Å². The van der Waals surface area contributed by atoms with Crippen molar-refractivity contribution in [3.63, 3.8) is 0 Å². The van der Waals surface area contributed by atoms with Gasteiger partial charge >= 0.3 is 0 Å². The third kappa shape index (κ3) is 4.78. The van der Waals surface area contributed by atoms with Gasteiger partial charge in [-0.05, 0) is 18.1 Å². The standard InChI is InChI=1S/C18H25N5O2S/c1-3-14-6-4-5-7-15(14)23-10-8-22(9-11-23)12-16(24)19-18-21-20-17(26-18)13-25-2/h4-7H,3,8-13H2,1-2H3,(H,19,21,24). The lowest BCUT2D eigenvalue weighted by molar-refractivity contribution is -0.117. The highest BCUT2D eigenvalue weighted by Gasteiger charge is 2.20. The molecule has 0 spiro atoms. The Morgan fingerprint density at radius 1 is 1.23 bits per heavy atom. The molecule has 1 fully saturated rings. The smallest absolute Gasteiger partial charge is 0.240 e. The third-order valence-electron chi connectivity index (χ3n) is 4.43. The molecule has 0 unspecified atom stereocenters. The highest BCUT2D eigenvalue weighted by Crippen LogP contribution is 2.22. The Morgan fingerprint density at radius 3 is 2.73 bits per heavy atom. The Bertz CT molecular complexity index is 728. The normalized spacial score (nSPS) is 15.2. The van der Waals surface area contributed by atoms with E-state index in [0.717, 1.165) is 37.6 Å². The van der Waals surface area contributed by atoms with Crippen LogP contribution in [0.25, 0.3) is 0 Å². The number of carbonyl (C=O) groups is 1. The lowest BCUT2D eigenvalue weighted by Gasteiger charge is -2.36. The minimum absolute atomic E-state index is 0.0486. The van der Waals surface area contributed by atoms with Crippen molar-refractivity contribution >= 4 is 28.1 Å². The van der Waals surface area contributed by atoms with Crippen LogP contribution in [-0.4, -0.2) is 60.8 Å². The molecule has 140 valence electrons. The predicted molar refractivity (Wildman–Crippen MR) is 104 cm³/mol. The molecular formula is C18H25N5O2S. The monoisotopic (exact) mass is 375 g/mol. The summed E-state index contributed by atoms with van der Waals surface area (Å²) in [4.78, 5) is 16.8. The van der Waals surface area contributed by atoms with Crippen LogP contribution < -0.4 is 10.2 Å². The van der Waals surface area contributed by atoms with E-state index in [-0.39, 0.29) is 5.91 Å². The largest absolute Gasteiger partial charge is 0.377 e. The molecule has 26 heavy (non-hydrogen) atoms. The van der Waals surface area contributed by atoms with Crippen molar-refractivity contribution in [3.05, 3.63) is 34.8 Å². The summed E-state index contributed by atoms with van der Waals surface area (Å²) in [5.74, 6) is -0.0486. The Labute approximate surface area is 158 Å². The SMILES string of the molecule is CCc1ccccc1N1CCN(CC(=O)Nc2nnc(COC)s2)CC1. The zero-order valence-corrected chi connectivity index (χ0v) is 16.1. The second kappa shape index (κ2) is 9.07. The fourth-order valence-corrected chi connectivity index (χ4v) is 3.84. The van der Waals surface area contributed by atoms with Crippen LogP contribution in [0.5, 0.6) is 0 Å². The Hall–Kier alpha value is -2.03. The molecular weight excluding hydrogens is 350 g/mol. The number of aryl methyl sites for hydroxylation is 1. The van der Waals surface area contributed by atoms with E-state index in [1.165, 1.54) is 22.6 Å². The number of piperazine rings is 1. The van der Waals surface area contributed by atoms with Crippen molar-refractivity contribution in [2.75, 3.05) is 50.1 Å². The average Bonchev–Trinajstić information content (AvgIpc) is 3.09. The third-order valence-corrected chi connectivity index (χ3v) is 5.25. The zero-order valence-electron chi connectivity index (χ0n) is 15.3. The molecule has 0 radical (unpaired) electrons. The van der Waals surface area contributed by atoms with Crippen LogP contribution in [0.4, 0.5) is 10.8 Å². The Morgan fingerprint density at radius 2 is 2.00 bits per heavy atom. The summed E-state index contributed by atoms with van der Waals surface area (Å²) in [6, 6.07) is 8.56. The molecule has 1 aliphatic rings. The van der Waals surface area contributed by atoms with E-state index in [1.807, 2.05) is 0 Å². The second-order valence-electron chi connectivity index (χ2n) is 6.23. The molecule has 1 aromatic carbocycles. The first-order chi connectivity index (χ1) is 12.7. The second-order valence-corrected chi connectivity index (χ2v) is 7.29. The number of benzene rings is 1. The molecule has 2 heterocycles. The summed E-state index contributed by atoms with van der Waals surface area (Å²) < 4.78 is 5.01. The van der Waals surface area contributed by atoms with Crippen molar-refractivity contribution in [2.24, 2.45) is 0 Å². The zero-order chi connectivity index (χ0) is 18.4. The summed E-state index contributed by atoms with van der Waals surface area (Å²) in [5.41, 5.74) is 2.69. The summed E-state index contributed by atoms with van der Waals surface area (Å²) in [6.07, 6.45) is 1.03. The van der Waals surface area contributed by atoms with E-state index < -0.39 is 0 Å². The first-order valence-corrected chi connectivity index (χ1v) is 9.67. The minimum Gasteiger partial charge on any atom is -0.377 e. The molecule has 8 heteroatoms. The van der Waals surface area contributed by atoms with E-state index in [4.69, 9.17) is 4.74 Å². The van der Waals surface area contributed by atoms with E-state index in [0.29, 0.717) is 18.3 Å². The first-order valence-electron chi connectivity index (χ1n) is 8.86. The van der Waals surface area contributed by atoms with Gasteiger partial charge in [-0.1, -0.05) is 36.5 Å². The molecule has 2 aromatic rings. The van der Waals surface area contributed by atoms with Gasteiger partial charge in [-0.25, -0.2) is 0 Å². The fraction of sp³-hybridized carbons (Fsp3) is 0.500. The number of nitrogens with zero attached hydrogens (tertiary/aromatic N) is 4. The highest BCUT2D eigenvalue weighted by molar-refractivity contribution is 7.15. The number of rotatable bonds is 7. The van der Waals surface area contributed by atoms with Gasteiger partial charge in [0.2, 0.25) is 11.0 Å². The number of anilines is 2. The predicted octanol–water partition coefficient (Wildman–Crippen LogP) is 2.01. The summed E-state index contributed by atoms with van der Waals surface area (Å²) in [6.45, 7) is 6.58. The van der Waals surface area contributed by atoms with Gasteiger partial charge in [0.05, 0.1) is 6.54 Å². The van der Waals surface area contributed by atoms with Crippen LogP contribution in [0.1, 0.15) is 17.5 Å². The summed E-state index contributed by atoms with van der Waals surface area (Å²) >= 11 is 1.34. The number of aromatic nitrogens is 2. The van der Waals surface area contributed by atoms with Crippen LogP contribution in [-0.2, 0) is 22.6 Å². The maximum atomic E-state index is 12.2. The number of nitrogens with one attached hydrogen (secondary N) is 1. The fourth-order valence-electron chi connectivity index (χ4n) is 3.11. The molecule has 1 saturated heterocycles. The van der Waals surface area contributed by atoms with E-state index in [9.17, 15) is 4.79 Å². The first kappa shape index (κ1) is 18.8. The molecule has 0 atom stereocenters. The van der Waals surface area contributed by atoms with E-state index in [2.05, 4.69) is 56.5 Å². The average molecular weight is 375 g/mol. The van der Waals surface area contributed by atoms with Crippen LogP contribution in [0.2, 0.25) is 0 Å². The number of ether oxygens (including phenoxy) is 1. The quantitative estimate of drug-likeness (QED) is 0.798. The van der Waals surface area contributed by atoms with Gasteiger partial charge in [0.25, 0.3) is 0 Å². The maximum absolute atomic E-state index is 12.2. The van der Waals surface area contributed by atoms with E-state index >= 15 is 0 Å². The number of hydrogen-bond donors (Lipinski definition) is 1. The van der Waals surface area contributed by atoms with Crippen LogP contribution in [0.15, 0.2) is 24.3 Å². The van der Waals surface area contributed by atoms with Crippen LogP contribution >= 0.6 is 11.3 Å². The molecule has 3 rings (SSSR count). The number of carbonyl (C=O) groups excluding carboxylic acids is 1. The van der Waals surface area contributed by atoms with Crippen molar-refractivity contribution in [1.29, 1.82) is 0 Å². The Balaban J connectivity index is 1.48. The molecule has 7 nitrogen and oxygen atoms in total. The van der Waals surface area contributed by atoms with Gasteiger partial charge in [0.15, 0.2) is 0 Å². The minimum atomic E-state index is -0.0486. The maximum Gasteiger partial charge on any atom is 0.240 e. The lowest BCUT2D eigenvalue weighted by atomic mass is 10.1. The highest BCUT2D eigenvalue weighted by atomic mass is 32.1. The van der Waals surface area contributed by atoms with Gasteiger partial charge in [-0.2, -0.15) is 0 Å². The van der Waals surface area contributed by atoms with Crippen molar-refractivity contribution in [1.82, 2.24) is 15.1 Å². The van der Waals surface area contributed by atoms with Crippen LogP contribution in [0.3, 0.4) is 0 Å². The van der Waals surface area contributed by atoms with Crippen molar-refractivity contribution in [3.8, 4) is 0 Å². The van der Waals surface area contributed by atoms with Gasteiger partial charge in [-0.15, -0.1) is 10.2 Å². The molecule has 1 amide bonds. The summed E-state index contributed by atoms with van der Waals surface area (Å²) in [5, 5.41) is 12.0.